The Hall–Kier alpha value is -3.64. The summed E-state index contributed by atoms with van der Waals surface area (Å²) in [5, 5.41) is 0. The Labute approximate surface area is 206 Å². The summed E-state index contributed by atoms with van der Waals surface area (Å²) >= 11 is 0. The first-order valence-electron chi connectivity index (χ1n) is 12.1. The summed E-state index contributed by atoms with van der Waals surface area (Å²) < 4.78 is 5.89. The molecule has 2 amide bonds. The minimum atomic E-state index is -0.0786. The van der Waals surface area contributed by atoms with Crippen LogP contribution < -0.4 is 14.5 Å². The molecule has 2 heterocycles. The third-order valence-corrected chi connectivity index (χ3v) is 7.13. The van der Waals surface area contributed by atoms with E-state index in [0.29, 0.717) is 17.2 Å². The number of carbonyl (C=O) groups is 2. The van der Waals surface area contributed by atoms with Crippen LogP contribution in [0.5, 0.6) is 5.75 Å². The van der Waals surface area contributed by atoms with Crippen LogP contribution in [0.2, 0.25) is 0 Å². The number of rotatable bonds is 5. The lowest BCUT2D eigenvalue weighted by molar-refractivity contribution is -0.121. The molecule has 1 saturated heterocycles. The summed E-state index contributed by atoms with van der Waals surface area (Å²) in [6, 6.07) is 23.0. The van der Waals surface area contributed by atoms with Crippen molar-refractivity contribution in [2.75, 3.05) is 43.6 Å². The Kier molecular flexibility index (Phi) is 6.31. The van der Waals surface area contributed by atoms with Crippen molar-refractivity contribution in [2.45, 2.75) is 25.3 Å². The van der Waals surface area contributed by atoms with Gasteiger partial charge in [-0.3, -0.25) is 9.59 Å². The highest BCUT2D eigenvalue weighted by Crippen LogP contribution is 2.45. The number of fused-ring (bicyclic) bond motifs is 3. The number of anilines is 2. The van der Waals surface area contributed by atoms with E-state index in [1.54, 1.807) is 36.2 Å². The lowest BCUT2D eigenvalue weighted by Crippen LogP contribution is -2.48. The van der Waals surface area contributed by atoms with Crippen molar-refractivity contribution in [1.82, 2.24) is 4.90 Å². The first-order valence-corrected chi connectivity index (χ1v) is 12.1. The zero-order valence-corrected chi connectivity index (χ0v) is 20.5. The van der Waals surface area contributed by atoms with Crippen molar-refractivity contribution in [3.8, 4) is 5.75 Å². The second kappa shape index (κ2) is 9.55. The first-order chi connectivity index (χ1) is 16.9. The summed E-state index contributed by atoms with van der Waals surface area (Å²) in [6.07, 6.45) is 0.955. The van der Waals surface area contributed by atoms with Crippen LogP contribution in [0.25, 0.3) is 0 Å². The van der Waals surface area contributed by atoms with E-state index in [2.05, 4.69) is 37.1 Å². The molecule has 180 valence electrons. The van der Waals surface area contributed by atoms with Gasteiger partial charge in [-0.25, -0.2) is 0 Å². The molecular weight excluding hydrogens is 438 g/mol. The highest BCUT2D eigenvalue weighted by molar-refractivity contribution is 6.05. The van der Waals surface area contributed by atoms with Crippen LogP contribution in [0.1, 0.15) is 33.8 Å². The van der Waals surface area contributed by atoms with Gasteiger partial charge in [0.2, 0.25) is 0 Å². The zero-order chi connectivity index (χ0) is 24.5. The molecule has 3 aromatic carbocycles. The number of aryl methyl sites for hydroxylation is 1. The number of carbonyl (C=O) groups excluding carboxylic acids is 2. The Morgan fingerprint density at radius 2 is 1.77 bits per heavy atom. The van der Waals surface area contributed by atoms with Crippen molar-refractivity contribution in [3.05, 3.63) is 89.5 Å². The van der Waals surface area contributed by atoms with E-state index in [0.717, 1.165) is 30.9 Å². The molecule has 0 unspecified atom stereocenters. The van der Waals surface area contributed by atoms with Crippen molar-refractivity contribution in [3.63, 3.8) is 0 Å². The predicted octanol–water partition coefficient (Wildman–Crippen LogP) is 4.48. The van der Waals surface area contributed by atoms with Gasteiger partial charge < -0.3 is 19.4 Å². The number of hydrogen-bond acceptors (Lipinski definition) is 4. The predicted molar refractivity (Wildman–Crippen MR) is 138 cm³/mol. The molecule has 1 fully saturated rings. The normalized spacial score (nSPS) is 19.1. The zero-order valence-electron chi connectivity index (χ0n) is 20.5. The average molecular weight is 470 g/mol. The molecule has 0 aliphatic carbocycles. The van der Waals surface area contributed by atoms with Gasteiger partial charge in [0.1, 0.15) is 5.75 Å². The Morgan fingerprint density at radius 3 is 2.51 bits per heavy atom. The molecule has 0 spiro atoms. The lowest BCUT2D eigenvalue weighted by atomic mass is 9.89. The first kappa shape index (κ1) is 23.1. The SMILES string of the molecule is Cc1ccc2c(c1)[C@@H]1CN(C)CC[C@@H]1N2C(=O)COc1ccc(N(C)C(=O)c2ccccc2)cc1. The van der Waals surface area contributed by atoms with Crippen LogP contribution in [0.3, 0.4) is 0 Å². The third-order valence-electron chi connectivity index (χ3n) is 7.13. The van der Waals surface area contributed by atoms with Gasteiger partial charge in [0.05, 0.1) is 0 Å². The fourth-order valence-electron chi connectivity index (χ4n) is 5.28. The Morgan fingerprint density at radius 1 is 1.03 bits per heavy atom. The molecule has 0 radical (unpaired) electrons. The van der Waals surface area contributed by atoms with Gasteiger partial charge in [0.25, 0.3) is 11.8 Å². The molecule has 0 bridgehead atoms. The summed E-state index contributed by atoms with van der Waals surface area (Å²) in [6.45, 7) is 4.02. The smallest absolute Gasteiger partial charge is 0.265 e. The van der Waals surface area contributed by atoms with Crippen LogP contribution in [0.15, 0.2) is 72.8 Å². The highest BCUT2D eigenvalue weighted by Gasteiger charge is 2.43. The summed E-state index contributed by atoms with van der Waals surface area (Å²) in [7, 11) is 3.90. The fourth-order valence-corrected chi connectivity index (χ4v) is 5.28. The minimum absolute atomic E-state index is 0.0207. The second-order valence-electron chi connectivity index (χ2n) is 9.56. The van der Waals surface area contributed by atoms with Gasteiger partial charge >= 0.3 is 0 Å². The van der Waals surface area contributed by atoms with Crippen molar-refractivity contribution < 1.29 is 14.3 Å². The fraction of sp³-hybridized carbons (Fsp3) is 0.310. The van der Waals surface area contributed by atoms with Gasteiger partial charge in [-0.2, -0.15) is 0 Å². The summed E-state index contributed by atoms with van der Waals surface area (Å²) in [5.74, 6) is 0.841. The van der Waals surface area contributed by atoms with Crippen molar-refractivity contribution in [1.29, 1.82) is 0 Å². The van der Waals surface area contributed by atoms with Crippen LogP contribution in [-0.4, -0.2) is 56.5 Å². The maximum absolute atomic E-state index is 13.4. The molecule has 2 aliphatic rings. The molecule has 6 heteroatoms. The molecule has 3 aromatic rings. The Balaban J connectivity index is 1.26. The van der Waals surface area contributed by atoms with Gasteiger partial charge in [0.15, 0.2) is 6.61 Å². The number of nitrogens with zero attached hydrogens (tertiary/aromatic N) is 3. The molecule has 6 nitrogen and oxygen atoms in total. The maximum Gasteiger partial charge on any atom is 0.265 e. The summed E-state index contributed by atoms with van der Waals surface area (Å²) in [4.78, 5) is 32.0. The lowest BCUT2D eigenvalue weighted by Gasteiger charge is -2.36. The molecule has 5 rings (SSSR count). The van der Waals surface area contributed by atoms with Crippen LogP contribution >= 0.6 is 0 Å². The molecule has 0 aromatic heterocycles. The molecule has 0 saturated carbocycles. The molecule has 2 aliphatic heterocycles. The number of hydrogen-bond donors (Lipinski definition) is 0. The van der Waals surface area contributed by atoms with Gasteiger partial charge in [-0.15, -0.1) is 0 Å². The number of benzene rings is 3. The van der Waals surface area contributed by atoms with E-state index in [4.69, 9.17) is 4.74 Å². The van der Waals surface area contributed by atoms with Gasteiger partial charge in [0, 0.05) is 42.5 Å². The summed E-state index contributed by atoms with van der Waals surface area (Å²) in [5.41, 5.74) is 4.90. The number of likely N-dealkylation sites (N-methyl/N-ethyl adjacent to an activating group) is 1. The number of piperidine rings is 1. The second-order valence-corrected chi connectivity index (χ2v) is 9.56. The minimum Gasteiger partial charge on any atom is -0.484 e. The monoisotopic (exact) mass is 469 g/mol. The van der Waals surface area contributed by atoms with E-state index in [9.17, 15) is 9.59 Å². The van der Waals surface area contributed by atoms with Gasteiger partial charge in [-0.05, 0) is 75.0 Å². The average Bonchev–Trinajstić information content (AvgIpc) is 3.20. The van der Waals surface area contributed by atoms with Gasteiger partial charge in [-0.1, -0.05) is 35.9 Å². The van der Waals surface area contributed by atoms with E-state index in [1.807, 2.05) is 35.2 Å². The standard InChI is InChI=1S/C29H31N3O3/c1-20-9-14-26-24(17-20)25-18-30(2)16-15-27(25)32(26)28(33)19-35-23-12-10-22(11-13-23)31(3)29(34)21-7-5-4-6-8-21/h4-14,17,25,27H,15-16,18-19H2,1-3H3/t25-,27-/m0/s1. The number of likely N-dealkylation sites (tertiary alicyclic amines) is 1. The van der Waals surface area contributed by atoms with Crippen molar-refractivity contribution in [2.24, 2.45) is 0 Å². The number of ether oxygens (including phenoxy) is 1. The molecule has 35 heavy (non-hydrogen) atoms. The highest BCUT2D eigenvalue weighted by atomic mass is 16.5. The Bertz CT molecular complexity index is 1230. The van der Waals surface area contributed by atoms with E-state index in [-0.39, 0.29) is 24.5 Å². The third kappa shape index (κ3) is 4.54. The topological polar surface area (TPSA) is 53.1 Å². The number of amides is 2. The van der Waals surface area contributed by atoms with Crippen LogP contribution in [-0.2, 0) is 4.79 Å². The maximum atomic E-state index is 13.4. The molecule has 2 atom stereocenters. The largest absolute Gasteiger partial charge is 0.484 e. The van der Waals surface area contributed by atoms with E-state index < -0.39 is 0 Å². The van der Waals surface area contributed by atoms with Crippen LogP contribution in [0, 0.1) is 6.92 Å². The van der Waals surface area contributed by atoms with Crippen molar-refractivity contribution >= 4 is 23.2 Å². The van der Waals surface area contributed by atoms with E-state index in [1.165, 1.54) is 11.1 Å². The van der Waals surface area contributed by atoms with Crippen LogP contribution in [0.4, 0.5) is 11.4 Å². The molecule has 0 N–H and O–H groups in total. The quantitative estimate of drug-likeness (QED) is 0.553. The van der Waals surface area contributed by atoms with E-state index >= 15 is 0 Å². The molecular formula is C29H31N3O3.